The molecule has 2 atom stereocenters. The van der Waals surface area contributed by atoms with Crippen LogP contribution in [0.1, 0.15) is 6.92 Å². The van der Waals surface area contributed by atoms with E-state index in [1.165, 1.54) is 31.4 Å². The van der Waals surface area contributed by atoms with Crippen molar-refractivity contribution in [2.75, 3.05) is 25.5 Å². The van der Waals surface area contributed by atoms with Gasteiger partial charge in [0.15, 0.2) is 0 Å². The van der Waals surface area contributed by atoms with Crippen molar-refractivity contribution >= 4 is 23.6 Å². The Bertz CT molecular complexity index is 879. The summed E-state index contributed by atoms with van der Waals surface area (Å²) in [5, 5.41) is 14.1. The van der Waals surface area contributed by atoms with Crippen LogP contribution in [0.25, 0.3) is 0 Å². The van der Waals surface area contributed by atoms with Gasteiger partial charge in [0, 0.05) is 18.2 Å². The number of carbonyl (C=O) groups excluding carboxylic acids is 2. The number of nitrogens with one attached hydrogen (secondary N) is 2. The zero-order valence-corrected chi connectivity index (χ0v) is 16.7. The third kappa shape index (κ3) is 5.94. The molecule has 1 heterocycles. The molecule has 0 saturated carbocycles. The lowest BCUT2D eigenvalue weighted by Gasteiger charge is -2.19. The number of halogens is 1. The standard InChI is InChI=1S/C21H24FN3O5/c1-4-16(30-3)10-5-13(2)17-11-25(12-18(26)27)20(28)19(17)24-21(29)23-15-8-6-14(22)7-9-15/h4-10,17,19H,2,11-12H2,1,3H3,(H,26,27)(H2,23,24,29)/b10-5-,16-4+/t17-,19-/m0/s1. The lowest BCUT2D eigenvalue weighted by Crippen LogP contribution is -2.46. The van der Waals surface area contributed by atoms with Crippen molar-refractivity contribution in [1.29, 1.82) is 0 Å². The Labute approximate surface area is 173 Å². The maximum absolute atomic E-state index is 13.0. The van der Waals surface area contributed by atoms with E-state index in [2.05, 4.69) is 17.2 Å². The molecule has 1 saturated heterocycles. The van der Waals surface area contributed by atoms with Crippen LogP contribution in [0.5, 0.6) is 0 Å². The molecule has 0 bridgehead atoms. The molecule has 8 nitrogen and oxygen atoms in total. The van der Waals surface area contributed by atoms with Crippen LogP contribution in [-0.2, 0) is 14.3 Å². The fourth-order valence-corrected chi connectivity index (χ4v) is 3.04. The van der Waals surface area contributed by atoms with E-state index in [4.69, 9.17) is 9.84 Å². The first kappa shape index (κ1) is 22.7. The number of rotatable bonds is 8. The number of methoxy groups -OCH3 is 1. The Balaban J connectivity index is 2.16. The van der Waals surface area contributed by atoms with Crippen molar-refractivity contribution in [3.63, 3.8) is 0 Å². The van der Waals surface area contributed by atoms with Gasteiger partial charge in [0.25, 0.3) is 0 Å². The summed E-state index contributed by atoms with van der Waals surface area (Å²) in [4.78, 5) is 37.3. The summed E-state index contributed by atoms with van der Waals surface area (Å²) < 4.78 is 18.2. The minimum atomic E-state index is -1.16. The number of amides is 3. The zero-order chi connectivity index (χ0) is 22.3. The number of benzene rings is 1. The highest BCUT2D eigenvalue weighted by molar-refractivity contribution is 5.95. The number of carboxylic acid groups (broad SMARTS) is 1. The van der Waals surface area contributed by atoms with Crippen LogP contribution < -0.4 is 10.6 Å². The Kier molecular flexibility index (Phi) is 7.74. The molecule has 0 spiro atoms. The molecule has 0 aromatic heterocycles. The van der Waals surface area contributed by atoms with Crippen molar-refractivity contribution in [3.05, 3.63) is 66.2 Å². The van der Waals surface area contributed by atoms with Crippen LogP contribution in [-0.4, -0.2) is 54.2 Å². The predicted molar refractivity (Wildman–Crippen MR) is 109 cm³/mol. The number of urea groups is 1. The van der Waals surface area contributed by atoms with E-state index in [1.807, 2.05) is 0 Å². The number of hydrogen-bond donors (Lipinski definition) is 3. The second-order valence-electron chi connectivity index (χ2n) is 6.61. The summed E-state index contributed by atoms with van der Waals surface area (Å²) in [5.41, 5.74) is 0.870. The fourth-order valence-electron chi connectivity index (χ4n) is 3.04. The SMILES string of the molecule is C=C(/C=C\C(=C/C)OC)[C@@H]1CN(CC(=O)O)C(=O)[C@H]1NC(=O)Nc1ccc(F)cc1. The van der Waals surface area contributed by atoms with Gasteiger partial charge in [0.2, 0.25) is 5.91 Å². The second kappa shape index (κ2) is 10.2. The Morgan fingerprint density at radius 3 is 2.57 bits per heavy atom. The van der Waals surface area contributed by atoms with Gasteiger partial charge < -0.3 is 25.4 Å². The molecule has 1 fully saturated rings. The van der Waals surface area contributed by atoms with Crippen LogP contribution in [0.4, 0.5) is 14.9 Å². The van der Waals surface area contributed by atoms with Crippen molar-refractivity contribution in [1.82, 2.24) is 10.2 Å². The molecule has 0 aliphatic carbocycles. The minimum absolute atomic E-state index is 0.0912. The summed E-state index contributed by atoms with van der Waals surface area (Å²) in [6.45, 7) is 5.37. The van der Waals surface area contributed by atoms with E-state index < -0.39 is 42.2 Å². The average Bonchev–Trinajstić information content (AvgIpc) is 2.99. The first-order chi connectivity index (χ1) is 14.2. The summed E-state index contributed by atoms with van der Waals surface area (Å²) in [7, 11) is 1.51. The van der Waals surface area contributed by atoms with E-state index in [1.54, 1.807) is 25.2 Å². The Hall–Kier alpha value is -3.62. The van der Waals surface area contributed by atoms with Gasteiger partial charge in [-0.15, -0.1) is 0 Å². The number of likely N-dealkylation sites (tertiary alicyclic amines) is 1. The van der Waals surface area contributed by atoms with Gasteiger partial charge in [0.05, 0.1) is 7.11 Å². The molecular formula is C21H24FN3O5. The highest BCUT2D eigenvalue weighted by Gasteiger charge is 2.42. The summed E-state index contributed by atoms with van der Waals surface area (Å²) >= 11 is 0. The number of allylic oxidation sites excluding steroid dienone is 3. The van der Waals surface area contributed by atoms with E-state index in [0.29, 0.717) is 17.0 Å². The zero-order valence-electron chi connectivity index (χ0n) is 16.7. The Morgan fingerprint density at radius 2 is 2.00 bits per heavy atom. The first-order valence-electron chi connectivity index (χ1n) is 9.16. The van der Waals surface area contributed by atoms with Crippen LogP contribution in [0, 0.1) is 11.7 Å². The minimum Gasteiger partial charge on any atom is -0.497 e. The number of nitrogens with zero attached hydrogens (tertiary/aromatic N) is 1. The number of aliphatic carboxylic acids is 1. The third-order valence-corrected chi connectivity index (χ3v) is 4.57. The summed E-state index contributed by atoms with van der Waals surface area (Å²) in [6.07, 6.45) is 5.07. The molecule has 1 aromatic carbocycles. The summed E-state index contributed by atoms with van der Waals surface area (Å²) in [6, 6.07) is 3.46. The van der Waals surface area contributed by atoms with Gasteiger partial charge in [0.1, 0.15) is 24.2 Å². The molecule has 0 unspecified atom stereocenters. The smallest absolute Gasteiger partial charge is 0.323 e. The molecule has 1 aliphatic rings. The van der Waals surface area contributed by atoms with Gasteiger partial charge in [-0.1, -0.05) is 12.7 Å². The van der Waals surface area contributed by atoms with Crippen molar-refractivity contribution < 1.29 is 28.6 Å². The van der Waals surface area contributed by atoms with E-state index in [9.17, 15) is 18.8 Å². The Morgan fingerprint density at radius 1 is 1.33 bits per heavy atom. The van der Waals surface area contributed by atoms with Crippen LogP contribution >= 0.6 is 0 Å². The molecule has 160 valence electrons. The van der Waals surface area contributed by atoms with Crippen molar-refractivity contribution in [3.8, 4) is 0 Å². The van der Waals surface area contributed by atoms with E-state index >= 15 is 0 Å². The summed E-state index contributed by atoms with van der Waals surface area (Å²) in [5.74, 6) is -2.08. The second-order valence-corrected chi connectivity index (χ2v) is 6.61. The normalized spacial score (nSPS) is 19.1. The quantitative estimate of drug-likeness (QED) is 0.445. The van der Waals surface area contributed by atoms with Crippen LogP contribution in [0.3, 0.4) is 0 Å². The molecule has 9 heteroatoms. The van der Waals surface area contributed by atoms with E-state index in [0.717, 1.165) is 4.90 Å². The largest absolute Gasteiger partial charge is 0.497 e. The molecule has 3 N–H and O–H groups in total. The van der Waals surface area contributed by atoms with Crippen molar-refractivity contribution in [2.45, 2.75) is 13.0 Å². The molecule has 1 aromatic rings. The van der Waals surface area contributed by atoms with Gasteiger partial charge in [-0.3, -0.25) is 9.59 Å². The number of ether oxygens (including phenoxy) is 1. The lowest BCUT2D eigenvalue weighted by molar-refractivity contribution is -0.143. The fraction of sp³-hybridized carbons (Fsp3) is 0.286. The number of anilines is 1. The predicted octanol–water partition coefficient (Wildman–Crippen LogP) is 2.52. The molecule has 0 radical (unpaired) electrons. The molecule has 1 aliphatic heterocycles. The number of carbonyl (C=O) groups is 3. The van der Waals surface area contributed by atoms with E-state index in [-0.39, 0.29) is 6.54 Å². The monoisotopic (exact) mass is 417 g/mol. The average molecular weight is 417 g/mol. The maximum atomic E-state index is 13.0. The van der Waals surface area contributed by atoms with Gasteiger partial charge >= 0.3 is 12.0 Å². The van der Waals surface area contributed by atoms with Gasteiger partial charge in [-0.05, 0) is 48.9 Å². The van der Waals surface area contributed by atoms with Crippen LogP contribution in [0.2, 0.25) is 0 Å². The topological polar surface area (TPSA) is 108 Å². The molecule has 30 heavy (non-hydrogen) atoms. The molecule has 3 amide bonds. The number of carboxylic acids is 1. The maximum Gasteiger partial charge on any atom is 0.323 e. The highest BCUT2D eigenvalue weighted by Crippen LogP contribution is 2.26. The van der Waals surface area contributed by atoms with Crippen LogP contribution in [0.15, 0.2) is 60.4 Å². The third-order valence-electron chi connectivity index (χ3n) is 4.57. The van der Waals surface area contributed by atoms with Gasteiger partial charge in [-0.2, -0.15) is 0 Å². The number of hydrogen-bond acceptors (Lipinski definition) is 4. The molecular weight excluding hydrogens is 393 g/mol. The first-order valence-corrected chi connectivity index (χ1v) is 9.16. The lowest BCUT2D eigenvalue weighted by atomic mass is 9.94. The highest BCUT2D eigenvalue weighted by atomic mass is 19.1. The molecule has 2 rings (SSSR count). The van der Waals surface area contributed by atoms with Crippen molar-refractivity contribution in [2.24, 2.45) is 5.92 Å². The van der Waals surface area contributed by atoms with Gasteiger partial charge in [-0.25, -0.2) is 9.18 Å².